The first-order valence-electron chi connectivity index (χ1n) is 4.33. The van der Waals surface area contributed by atoms with Crippen molar-refractivity contribution < 1.29 is 13.9 Å². The first-order valence-corrected chi connectivity index (χ1v) is 5.53. The van der Waals surface area contributed by atoms with Gasteiger partial charge in [-0.2, -0.15) is 0 Å². The molecule has 6 heteroatoms. The maximum absolute atomic E-state index is 13.1. The predicted molar refractivity (Wildman–Crippen MR) is 61.0 cm³/mol. The van der Waals surface area contributed by atoms with Crippen molar-refractivity contribution >= 4 is 35.0 Å². The number of hydrogen-bond acceptors (Lipinski definition) is 4. The zero-order valence-corrected chi connectivity index (χ0v) is 9.79. The molecule has 0 fully saturated rings. The summed E-state index contributed by atoms with van der Waals surface area (Å²) in [7, 11) is 1.29. The molecule has 0 aliphatic carbocycles. The van der Waals surface area contributed by atoms with E-state index in [0.717, 1.165) is 11.8 Å². The number of ether oxygens (including phenoxy) is 1. The molecule has 0 amide bonds. The van der Waals surface area contributed by atoms with E-state index >= 15 is 0 Å². The fourth-order valence-corrected chi connectivity index (χ4v) is 2.54. The highest BCUT2D eigenvalue weighted by atomic mass is 35.5. The first-order chi connectivity index (χ1) is 7.61. The molecule has 0 saturated heterocycles. The van der Waals surface area contributed by atoms with Crippen LogP contribution in [0.1, 0.15) is 0 Å². The van der Waals surface area contributed by atoms with E-state index in [-0.39, 0.29) is 5.02 Å². The lowest BCUT2D eigenvalue weighted by Gasteiger charge is -2.17. The van der Waals surface area contributed by atoms with E-state index in [1.807, 2.05) is 0 Å². The van der Waals surface area contributed by atoms with Crippen molar-refractivity contribution in [2.24, 2.45) is 0 Å². The van der Waals surface area contributed by atoms with Gasteiger partial charge in [-0.05, 0) is 12.1 Å². The monoisotopic (exact) mass is 259 g/mol. The third-order valence-electron chi connectivity index (χ3n) is 1.97. The fourth-order valence-electron chi connectivity index (χ4n) is 1.26. The van der Waals surface area contributed by atoms with Gasteiger partial charge in [0.25, 0.3) is 0 Å². The second-order valence-electron chi connectivity index (χ2n) is 3.01. The SMILES string of the molecule is COC(=O)C1=CNc2c(Cl)cc(F)cc2S1. The Morgan fingerprint density at radius 1 is 1.56 bits per heavy atom. The zero-order chi connectivity index (χ0) is 11.7. The minimum atomic E-state index is -0.469. The van der Waals surface area contributed by atoms with Crippen LogP contribution < -0.4 is 5.32 Å². The number of methoxy groups -OCH3 is 1. The number of halogens is 2. The molecule has 0 radical (unpaired) electrons. The van der Waals surface area contributed by atoms with Gasteiger partial charge in [-0.3, -0.25) is 0 Å². The first kappa shape index (κ1) is 11.3. The Bertz CT molecular complexity index is 490. The van der Waals surface area contributed by atoms with Crippen LogP contribution in [0.5, 0.6) is 0 Å². The molecule has 1 aliphatic heterocycles. The van der Waals surface area contributed by atoms with Crippen LogP contribution in [0.4, 0.5) is 10.1 Å². The quantitative estimate of drug-likeness (QED) is 0.787. The lowest BCUT2D eigenvalue weighted by atomic mass is 10.3. The third-order valence-corrected chi connectivity index (χ3v) is 3.32. The van der Waals surface area contributed by atoms with Crippen LogP contribution in [-0.2, 0) is 9.53 Å². The molecule has 1 heterocycles. The average molecular weight is 260 g/mol. The van der Waals surface area contributed by atoms with Gasteiger partial charge in [0.2, 0.25) is 0 Å². The summed E-state index contributed by atoms with van der Waals surface area (Å²) in [5.41, 5.74) is 0.598. The van der Waals surface area contributed by atoms with Crippen molar-refractivity contribution in [3.8, 4) is 0 Å². The summed E-state index contributed by atoms with van der Waals surface area (Å²) in [6.45, 7) is 0. The van der Waals surface area contributed by atoms with E-state index < -0.39 is 11.8 Å². The summed E-state index contributed by atoms with van der Waals surface area (Å²) in [5.74, 6) is -0.910. The summed E-state index contributed by atoms with van der Waals surface area (Å²) in [6, 6.07) is 2.53. The number of fused-ring (bicyclic) bond motifs is 1. The molecular formula is C10H7ClFNO2S. The van der Waals surface area contributed by atoms with Crippen LogP contribution >= 0.6 is 23.4 Å². The molecule has 0 aromatic heterocycles. The van der Waals surface area contributed by atoms with E-state index in [1.165, 1.54) is 25.4 Å². The third kappa shape index (κ3) is 2.01. The highest BCUT2D eigenvalue weighted by Crippen LogP contribution is 2.41. The minimum Gasteiger partial charge on any atom is -0.465 e. The molecule has 0 bridgehead atoms. The second kappa shape index (κ2) is 4.35. The van der Waals surface area contributed by atoms with Crippen molar-refractivity contribution in [2.75, 3.05) is 12.4 Å². The molecule has 16 heavy (non-hydrogen) atoms. The summed E-state index contributed by atoms with van der Waals surface area (Å²) in [5, 5.41) is 3.12. The molecule has 0 saturated carbocycles. The number of anilines is 1. The fraction of sp³-hybridized carbons (Fsp3) is 0.100. The van der Waals surface area contributed by atoms with Crippen LogP contribution in [0, 0.1) is 5.82 Å². The van der Waals surface area contributed by atoms with Gasteiger partial charge >= 0.3 is 5.97 Å². The Hall–Kier alpha value is -1.20. The Balaban J connectivity index is 2.36. The Kier molecular flexibility index (Phi) is 3.07. The Morgan fingerprint density at radius 2 is 2.31 bits per heavy atom. The van der Waals surface area contributed by atoms with Gasteiger partial charge in [0.05, 0.1) is 17.8 Å². The minimum absolute atomic E-state index is 0.280. The van der Waals surface area contributed by atoms with E-state index in [1.54, 1.807) is 0 Å². The van der Waals surface area contributed by atoms with E-state index in [2.05, 4.69) is 10.1 Å². The number of rotatable bonds is 1. The van der Waals surface area contributed by atoms with Gasteiger partial charge in [-0.25, -0.2) is 9.18 Å². The molecule has 1 aliphatic rings. The number of hydrogen-bond donors (Lipinski definition) is 1. The number of benzene rings is 1. The second-order valence-corrected chi connectivity index (χ2v) is 4.50. The summed E-state index contributed by atoms with van der Waals surface area (Å²) in [6.07, 6.45) is 1.49. The molecule has 3 nitrogen and oxygen atoms in total. The van der Waals surface area contributed by atoms with Gasteiger partial charge in [0.1, 0.15) is 10.7 Å². The lowest BCUT2D eigenvalue weighted by Crippen LogP contribution is -2.08. The van der Waals surface area contributed by atoms with Gasteiger partial charge in [0, 0.05) is 11.1 Å². The van der Waals surface area contributed by atoms with E-state index in [4.69, 9.17) is 11.6 Å². The van der Waals surface area contributed by atoms with Gasteiger partial charge < -0.3 is 10.1 Å². The molecule has 1 aromatic rings. The van der Waals surface area contributed by atoms with Crippen molar-refractivity contribution in [3.05, 3.63) is 34.1 Å². The van der Waals surface area contributed by atoms with Crippen LogP contribution in [0.3, 0.4) is 0 Å². The maximum Gasteiger partial charge on any atom is 0.346 e. The van der Waals surface area contributed by atoms with E-state index in [0.29, 0.717) is 15.5 Å². The molecule has 0 atom stereocenters. The molecular weight excluding hydrogens is 253 g/mol. The van der Waals surface area contributed by atoms with Crippen molar-refractivity contribution in [3.63, 3.8) is 0 Å². The standard InChI is InChI=1S/C10H7ClFNO2S/c1-15-10(14)8-4-13-9-6(11)2-5(12)3-7(9)16-8/h2-4,13H,1H3. The topological polar surface area (TPSA) is 38.3 Å². The normalized spacial score (nSPS) is 13.6. The van der Waals surface area contributed by atoms with Gasteiger partial charge in [-0.1, -0.05) is 23.4 Å². The van der Waals surface area contributed by atoms with Crippen LogP contribution in [0.15, 0.2) is 28.1 Å². The molecule has 0 unspecified atom stereocenters. The number of carbonyl (C=O) groups excluding carboxylic acids is 1. The largest absolute Gasteiger partial charge is 0.465 e. The smallest absolute Gasteiger partial charge is 0.346 e. The summed E-state index contributed by atoms with van der Waals surface area (Å²) < 4.78 is 17.7. The predicted octanol–water partition coefficient (Wildman–Crippen LogP) is 3.01. The van der Waals surface area contributed by atoms with Crippen LogP contribution in [-0.4, -0.2) is 13.1 Å². The number of esters is 1. The lowest BCUT2D eigenvalue weighted by molar-refractivity contribution is -0.135. The molecule has 0 spiro atoms. The number of carbonyl (C=O) groups is 1. The molecule has 1 N–H and O–H groups in total. The highest BCUT2D eigenvalue weighted by molar-refractivity contribution is 8.04. The molecule has 84 valence electrons. The van der Waals surface area contributed by atoms with Crippen molar-refractivity contribution in [2.45, 2.75) is 4.90 Å². The number of thioether (sulfide) groups is 1. The zero-order valence-electron chi connectivity index (χ0n) is 8.21. The maximum atomic E-state index is 13.1. The number of nitrogens with one attached hydrogen (secondary N) is 1. The van der Waals surface area contributed by atoms with Crippen LogP contribution in [0.25, 0.3) is 0 Å². The van der Waals surface area contributed by atoms with E-state index in [9.17, 15) is 9.18 Å². The average Bonchev–Trinajstić information content (AvgIpc) is 2.27. The molecule has 1 aromatic carbocycles. The van der Waals surface area contributed by atoms with Crippen LogP contribution in [0.2, 0.25) is 5.02 Å². The van der Waals surface area contributed by atoms with Crippen molar-refractivity contribution in [1.82, 2.24) is 0 Å². The van der Waals surface area contributed by atoms with Gasteiger partial charge in [-0.15, -0.1) is 0 Å². The Morgan fingerprint density at radius 3 is 3.00 bits per heavy atom. The highest BCUT2D eigenvalue weighted by Gasteiger charge is 2.20. The van der Waals surface area contributed by atoms with Crippen molar-refractivity contribution in [1.29, 1.82) is 0 Å². The Labute approximate surface area is 101 Å². The van der Waals surface area contributed by atoms with Gasteiger partial charge in [0.15, 0.2) is 0 Å². The summed E-state index contributed by atoms with van der Waals surface area (Å²) >= 11 is 6.96. The summed E-state index contributed by atoms with van der Waals surface area (Å²) in [4.78, 5) is 12.2. The molecule has 2 rings (SSSR count).